The summed E-state index contributed by atoms with van der Waals surface area (Å²) in [4.78, 5) is 4.39. The number of nitrogens with zero attached hydrogens (tertiary/aromatic N) is 1. The highest BCUT2D eigenvalue weighted by atomic mass is 32.1. The van der Waals surface area contributed by atoms with Gasteiger partial charge < -0.3 is 0 Å². The van der Waals surface area contributed by atoms with Crippen molar-refractivity contribution < 1.29 is 0 Å². The molecular formula is C10H8NS. The number of aromatic nitrogens is 1. The van der Waals surface area contributed by atoms with E-state index >= 15 is 0 Å². The monoisotopic (exact) mass is 174 g/mol. The molecule has 0 fully saturated rings. The minimum atomic E-state index is 1.08. The zero-order valence-corrected chi connectivity index (χ0v) is 7.56. The van der Waals surface area contributed by atoms with Crippen LogP contribution in [0.1, 0.15) is 5.69 Å². The van der Waals surface area contributed by atoms with Gasteiger partial charge in [-0.25, -0.2) is 4.98 Å². The summed E-state index contributed by atoms with van der Waals surface area (Å²) >= 11 is 1.68. The van der Waals surface area contributed by atoms with Crippen LogP contribution in [0, 0.1) is 13.0 Å². The van der Waals surface area contributed by atoms with Crippen LogP contribution in [0.5, 0.6) is 0 Å². The van der Waals surface area contributed by atoms with E-state index in [1.54, 1.807) is 11.3 Å². The first-order valence-electron chi connectivity index (χ1n) is 3.75. The standard InChI is InChI=1S/C10H8NS/c1-8-7-12-10(11-8)9-5-3-2-4-6-9/h3-7H,1H3. The van der Waals surface area contributed by atoms with Crippen LogP contribution in [0.4, 0.5) is 0 Å². The molecule has 0 aliphatic rings. The van der Waals surface area contributed by atoms with Crippen LogP contribution in [0.2, 0.25) is 0 Å². The fourth-order valence-corrected chi connectivity index (χ4v) is 1.82. The third-order valence-corrected chi connectivity index (χ3v) is 2.59. The van der Waals surface area contributed by atoms with Gasteiger partial charge in [-0.3, -0.25) is 0 Å². The third kappa shape index (κ3) is 1.38. The van der Waals surface area contributed by atoms with Gasteiger partial charge in [0.15, 0.2) is 0 Å². The quantitative estimate of drug-likeness (QED) is 0.647. The second-order valence-electron chi connectivity index (χ2n) is 2.58. The predicted octanol–water partition coefficient (Wildman–Crippen LogP) is 2.92. The maximum absolute atomic E-state index is 4.39. The fraction of sp³-hybridized carbons (Fsp3) is 0.100. The largest absolute Gasteiger partial charge is 0.241 e. The maximum Gasteiger partial charge on any atom is 0.123 e. The van der Waals surface area contributed by atoms with E-state index in [1.165, 1.54) is 5.56 Å². The predicted molar refractivity (Wildman–Crippen MR) is 51.1 cm³/mol. The van der Waals surface area contributed by atoms with Gasteiger partial charge in [0.1, 0.15) is 5.01 Å². The van der Waals surface area contributed by atoms with Gasteiger partial charge in [-0.2, -0.15) is 0 Å². The molecule has 1 heterocycles. The van der Waals surface area contributed by atoms with Crippen LogP contribution in [0.3, 0.4) is 0 Å². The molecule has 1 aromatic carbocycles. The molecule has 1 radical (unpaired) electrons. The third-order valence-electron chi connectivity index (χ3n) is 1.58. The Kier molecular flexibility index (Phi) is 1.92. The van der Waals surface area contributed by atoms with E-state index in [0.29, 0.717) is 0 Å². The van der Waals surface area contributed by atoms with Crippen molar-refractivity contribution in [3.8, 4) is 10.6 Å². The lowest BCUT2D eigenvalue weighted by Gasteiger charge is -1.92. The normalized spacial score (nSPS) is 10.1. The van der Waals surface area contributed by atoms with Gasteiger partial charge in [0.2, 0.25) is 0 Å². The molecule has 0 aliphatic carbocycles. The minimum absolute atomic E-state index is 1.08. The molecule has 2 heteroatoms. The fourth-order valence-electron chi connectivity index (χ4n) is 1.02. The Morgan fingerprint density at radius 1 is 1.33 bits per heavy atom. The van der Waals surface area contributed by atoms with Crippen molar-refractivity contribution in [2.24, 2.45) is 0 Å². The van der Waals surface area contributed by atoms with E-state index in [-0.39, 0.29) is 0 Å². The van der Waals surface area contributed by atoms with E-state index < -0.39 is 0 Å². The van der Waals surface area contributed by atoms with Gasteiger partial charge in [0.05, 0.1) is 0 Å². The zero-order valence-electron chi connectivity index (χ0n) is 6.74. The zero-order chi connectivity index (χ0) is 8.39. The molecule has 0 spiro atoms. The molecule has 0 N–H and O–H groups in total. The second kappa shape index (κ2) is 3.07. The first kappa shape index (κ1) is 7.50. The first-order valence-corrected chi connectivity index (χ1v) is 4.63. The number of benzene rings is 1. The molecule has 0 unspecified atom stereocenters. The van der Waals surface area contributed by atoms with Crippen molar-refractivity contribution in [3.63, 3.8) is 0 Å². The summed E-state index contributed by atoms with van der Waals surface area (Å²) in [5.74, 6) is 0. The van der Waals surface area contributed by atoms with Crippen molar-refractivity contribution in [1.29, 1.82) is 0 Å². The second-order valence-corrected chi connectivity index (χ2v) is 3.44. The average molecular weight is 174 g/mol. The number of aryl methyl sites for hydroxylation is 1. The lowest BCUT2D eigenvalue weighted by molar-refractivity contribution is 1.27. The van der Waals surface area contributed by atoms with Crippen molar-refractivity contribution in [3.05, 3.63) is 41.4 Å². The minimum Gasteiger partial charge on any atom is -0.241 e. The highest BCUT2D eigenvalue weighted by Gasteiger charge is 1.99. The van der Waals surface area contributed by atoms with E-state index in [4.69, 9.17) is 0 Å². The molecule has 12 heavy (non-hydrogen) atoms. The van der Waals surface area contributed by atoms with Crippen LogP contribution in [0.15, 0.2) is 29.6 Å². The summed E-state index contributed by atoms with van der Waals surface area (Å²) in [6, 6.07) is 10.9. The molecule has 2 rings (SSSR count). The summed E-state index contributed by atoms with van der Waals surface area (Å²) in [6.07, 6.45) is 0. The SMILES string of the molecule is Cc1csc(-c2cc[c]cc2)n1. The van der Waals surface area contributed by atoms with Crippen LogP contribution < -0.4 is 0 Å². The van der Waals surface area contributed by atoms with Gasteiger partial charge in [-0.05, 0) is 13.0 Å². The van der Waals surface area contributed by atoms with Gasteiger partial charge in [0, 0.05) is 16.6 Å². The van der Waals surface area contributed by atoms with Gasteiger partial charge in [-0.15, -0.1) is 11.3 Å². The van der Waals surface area contributed by atoms with Crippen LogP contribution in [-0.4, -0.2) is 4.98 Å². The van der Waals surface area contributed by atoms with Crippen LogP contribution in [0.25, 0.3) is 10.6 Å². The first-order chi connectivity index (χ1) is 5.86. The molecular weight excluding hydrogens is 166 g/mol. The van der Waals surface area contributed by atoms with Crippen molar-refractivity contribution in [2.75, 3.05) is 0 Å². The number of rotatable bonds is 1. The Labute approximate surface area is 75.7 Å². The van der Waals surface area contributed by atoms with Gasteiger partial charge in [-0.1, -0.05) is 24.3 Å². The highest BCUT2D eigenvalue weighted by molar-refractivity contribution is 7.13. The summed E-state index contributed by atoms with van der Waals surface area (Å²) in [5.41, 5.74) is 2.26. The van der Waals surface area contributed by atoms with E-state index in [1.807, 2.05) is 31.2 Å². The Morgan fingerprint density at radius 2 is 2.08 bits per heavy atom. The van der Waals surface area contributed by atoms with E-state index in [0.717, 1.165) is 10.7 Å². The Bertz CT molecular complexity index is 364. The lowest BCUT2D eigenvalue weighted by Crippen LogP contribution is -1.74. The molecule has 0 saturated heterocycles. The summed E-state index contributed by atoms with van der Waals surface area (Å²) in [6.45, 7) is 2.01. The van der Waals surface area contributed by atoms with Gasteiger partial charge in [0.25, 0.3) is 0 Å². The molecule has 0 aliphatic heterocycles. The Morgan fingerprint density at radius 3 is 2.67 bits per heavy atom. The number of hydrogen-bond acceptors (Lipinski definition) is 2. The Balaban J connectivity index is 2.45. The van der Waals surface area contributed by atoms with E-state index in [2.05, 4.69) is 16.4 Å². The molecule has 59 valence electrons. The van der Waals surface area contributed by atoms with Crippen LogP contribution >= 0.6 is 11.3 Å². The number of thiazole rings is 1. The maximum atomic E-state index is 4.39. The molecule has 0 bridgehead atoms. The molecule has 0 atom stereocenters. The van der Waals surface area contributed by atoms with Crippen molar-refractivity contribution in [1.82, 2.24) is 4.98 Å². The Hall–Kier alpha value is -1.15. The lowest BCUT2D eigenvalue weighted by atomic mass is 10.2. The molecule has 0 saturated carbocycles. The molecule has 0 amide bonds. The van der Waals surface area contributed by atoms with Crippen molar-refractivity contribution >= 4 is 11.3 Å². The smallest absolute Gasteiger partial charge is 0.123 e. The summed E-state index contributed by atoms with van der Waals surface area (Å²) < 4.78 is 0. The topological polar surface area (TPSA) is 12.9 Å². The number of hydrogen-bond donors (Lipinski definition) is 0. The molecule has 2 aromatic rings. The molecule has 1 nitrogen and oxygen atoms in total. The van der Waals surface area contributed by atoms with Crippen LogP contribution in [-0.2, 0) is 0 Å². The summed E-state index contributed by atoms with van der Waals surface area (Å²) in [5, 5.41) is 3.15. The van der Waals surface area contributed by atoms with E-state index in [9.17, 15) is 0 Å². The van der Waals surface area contributed by atoms with Gasteiger partial charge >= 0.3 is 0 Å². The highest BCUT2D eigenvalue weighted by Crippen LogP contribution is 2.22. The van der Waals surface area contributed by atoms with Crippen molar-refractivity contribution in [2.45, 2.75) is 6.92 Å². The summed E-state index contributed by atoms with van der Waals surface area (Å²) in [7, 11) is 0. The average Bonchev–Trinajstić information content (AvgIpc) is 2.54. The molecule has 1 aromatic heterocycles.